The molecule has 1 aromatic rings. The van der Waals surface area contributed by atoms with Crippen LogP contribution in [0.25, 0.3) is 0 Å². The maximum Gasteiger partial charge on any atom is 0.142 e. The van der Waals surface area contributed by atoms with Crippen LogP contribution in [0.15, 0.2) is 18.2 Å². The van der Waals surface area contributed by atoms with Crippen molar-refractivity contribution < 1.29 is 9.13 Å². The van der Waals surface area contributed by atoms with Crippen LogP contribution in [-0.2, 0) is 4.74 Å². The second kappa shape index (κ2) is 10.8. The van der Waals surface area contributed by atoms with E-state index in [0.717, 1.165) is 29.9 Å². The molecule has 0 N–H and O–H groups in total. The lowest BCUT2D eigenvalue weighted by Crippen LogP contribution is -2.25. The fourth-order valence-corrected chi connectivity index (χ4v) is 5.61. The standard InChI is InChI=1S/C24H36ClFO/c1-27-16-4-2-3-5-18-6-8-19(9-7-18)20-10-12-21(13-11-20)22-14-15-23(25)24(26)17-22/h14-15,17-21H,2-13,16H2,1H3/t18-,19-,20-,21-. The number of methoxy groups -OCH3 is 1. The lowest BCUT2D eigenvalue weighted by Gasteiger charge is -2.38. The van der Waals surface area contributed by atoms with Crippen LogP contribution in [0.3, 0.4) is 0 Å². The van der Waals surface area contributed by atoms with Crippen molar-refractivity contribution >= 4 is 11.6 Å². The van der Waals surface area contributed by atoms with Gasteiger partial charge in [0, 0.05) is 13.7 Å². The summed E-state index contributed by atoms with van der Waals surface area (Å²) in [5.74, 6) is 3.07. The van der Waals surface area contributed by atoms with E-state index in [-0.39, 0.29) is 10.8 Å². The lowest BCUT2D eigenvalue weighted by atomic mass is 9.68. The Morgan fingerprint density at radius 2 is 1.59 bits per heavy atom. The Hall–Kier alpha value is -0.600. The SMILES string of the molecule is COCCCCC[C@H]1CC[C@H]([C@H]2CC[C@H](c3ccc(Cl)c(F)c3)CC2)CC1. The minimum atomic E-state index is -0.267. The molecule has 2 aliphatic rings. The average Bonchev–Trinajstić information content (AvgIpc) is 2.71. The van der Waals surface area contributed by atoms with Crippen molar-refractivity contribution in [1.29, 1.82) is 0 Å². The lowest BCUT2D eigenvalue weighted by molar-refractivity contribution is 0.154. The van der Waals surface area contributed by atoms with Gasteiger partial charge in [-0.25, -0.2) is 4.39 Å². The van der Waals surface area contributed by atoms with Crippen molar-refractivity contribution in [2.75, 3.05) is 13.7 Å². The molecule has 0 unspecified atom stereocenters. The summed E-state index contributed by atoms with van der Waals surface area (Å²) in [6.07, 6.45) is 16.2. The van der Waals surface area contributed by atoms with Gasteiger partial charge < -0.3 is 4.74 Å². The van der Waals surface area contributed by atoms with Crippen molar-refractivity contribution in [3.63, 3.8) is 0 Å². The molecule has 3 heteroatoms. The summed E-state index contributed by atoms with van der Waals surface area (Å²) in [6.45, 7) is 0.915. The molecule has 0 heterocycles. The van der Waals surface area contributed by atoms with Gasteiger partial charge in [-0.3, -0.25) is 0 Å². The molecular formula is C24H36ClFO. The van der Waals surface area contributed by atoms with E-state index in [9.17, 15) is 4.39 Å². The quantitative estimate of drug-likeness (QED) is 0.409. The molecule has 0 bridgehead atoms. The smallest absolute Gasteiger partial charge is 0.142 e. The van der Waals surface area contributed by atoms with Gasteiger partial charge in [-0.2, -0.15) is 0 Å². The van der Waals surface area contributed by atoms with Gasteiger partial charge in [-0.15, -0.1) is 0 Å². The predicted molar refractivity (Wildman–Crippen MR) is 112 cm³/mol. The summed E-state index contributed by atoms with van der Waals surface area (Å²) < 4.78 is 18.9. The molecule has 2 aliphatic carbocycles. The number of hydrogen-bond acceptors (Lipinski definition) is 1. The van der Waals surface area contributed by atoms with Gasteiger partial charge in [0.25, 0.3) is 0 Å². The first-order valence-corrected chi connectivity index (χ1v) is 11.5. The first kappa shape index (κ1) is 21.1. The molecule has 0 spiro atoms. The zero-order chi connectivity index (χ0) is 19.1. The number of rotatable bonds is 8. The number of unbranched alkanes of at least 4 members (excludes halogenated alkanes) is 2. The van der Waals surface area contributed by atoms with Crippen LogP contribution in [0.1, 0.15) is 88.5 Å². The van der Waals surface area contributed by atoms with Crippen molar-refractivity contribution in [2.45, 2.75) is 83.0 Å². The Kier molecular flexibility index (Phi) is 8.46. The number of halogens is 2. The molecule has 0 aromatic heterocycles. The topological polar surface area (TPSA) is 9.23 Å². The highest BCUT2D eigenvalue weighted by molar-refractivity contribution is 6.30. The van der Waals surface area contributed by atoms with E-state index in [2.05, 4.69) is 0 Å². The maximum absolute atomic E-state index is 13.7. The monoisotopic (exact) mass is 394 g/mol. The minimum Gasteiger partial charge on any atom is -0.385 e. The largest absolute Gasteiger partial charge is 0.385 e. The van der Waals surface area contributed by atoms with Crippen LogP contribution in [-0.4, -0.2) is 13.7 Å². The van der Waals surface area contributed by atoms with E-state index in [1.165, 1.54) is 77.0 Å². The van der Waals surface area contributed by atoms with E-state index in [1.807, 2.05) is 6.07 Å². The molecule has 2 saturated carbocycles. The van der Waals surface area contributed by atoms with Gasteiger partial charge in [-0.05, 0) is 86.3 Å². The molecule has 1 aromatic carbocycles. The molecule has 0 aliphatic heterocycles. The van der Waals surface area contributed by atoms with Crippen LogP contribution >= 0.6 is 11.6 Å². The van der Waals surface area contributed by atoms with Crippen LogP contribution in [0, 0.1) is 23.6 Å². The van der Waals surface area contributed by atoms with Gasteiger partial charge in [-0.1, -0.05) is 49.8 Å². The molecule has 27 heavy (non-hydrogen) atoms. The first-order chi connectivity index (χ1) is 13.2. The second-order valence-electron chi connectivity index (χ2n) is 8.91. The predicted octanol–water partition coefficient (Wildman–Crippen LogP) is 7.77. The van der Waals surface area contributed by atoms with Crippen LogP contribution in [0.5, 0.6) is 0 Å². The van der Waals surface area contributed by atoms with Crippen molar-refractivity contribution in [1.82, 2.24) is 0 Å². The molecule has 2 fully saturated rings. The van der Waals surface area contributed by atoms with E-state index >= 15 is 0 Å². The third-order valence-electron chi connectivity index (χ3n) is 7.21. The van der Waals surface area contributed by atoms with Crippen molar-refractivity contribution in [3.8, 4) is 0 Å². The third-order valence-corrected chi connectivity index (χ3v) is 7.51. The van der Waals surface area contributed by atoms with Gasteiger partial charge in [0.15, 0.2) is 0 Å². The Morgan fingerprint density at radius 3 is 2.22 bits per heavy atom. The summed E-state index contributed by atoms with van der Waals surface area (Å²) in [6, 6.07) is 5.40. The molecule has 0 atom stereocenters. The summed E-state index contributed by atoms with van der Waals surface area (Å²) in [4.78, 5) is 0. The highest BCUT2D eigenvalue weighted by Crippen LogP contribution is 2.44. The zero-order valence-electron chi connectivity index (χ0n) is 16.9. The summed E-state index contributed by atoms with van der Waals surface area (Å²) in [7, 11) is 1.79. The highest BCUT2D eigenvalue weighted by atomic mass is 35.5. The van der Waals surface area contributed by atoms with Gasteiger partial charge in [0.1, 0.15) is 5.82 Å². The second-order valence-corrected chi connectivity index (χ2v) is 9.32. The van der Waals surface area contributed by atoms with Gasteiger partial charge in [0.05, 0.1) is 5.02 Å². The maximum atomic E-state index is 13.7. The Balaban J connectivity index is 1.36. The van der Waals surface area contributed by atoms with E-state index in [1.54, 1.807) is 19.2 Å². The fourth-order valence-electron chi connectivity index (χ4n) is 5.49. The van der Waals surface area contributed by atoms with Crippen LogP contribution in [0.4, 0.5) is 4.39 Å². The number of hydrogen-bond donors (Lipinski definition) is 0. The summed E-state index contributed by atoms with van der Waals surface area (Å²) in [5, 5.41) is 0.239. The highest BCUT2D eigenvalue weighted by Gasteiger charge is 2.31. The van der Waals surface area contributed by atoms with Crippen LogP contribution < -0.4 is 0 Å². The Labute approximate surface area is 170 Å². The molecule has 0 radical (unpaired) electrons. The van der Waals surface area contributed by atoms with Crippen molar-refractivity contribution in [2.24, 2.45) is 17.8 Å². The first-order valence-electron chi connectivity index (χ1n) is 11.1. The summed E-state index contributed by atoms with van der Waals surface area (Å²) in [5.41, 5.74) is 1.15. The molecular weight excluding hydrogens is 359 g/mol. The molecule has 1 nitrogen and oxygen atoms in total. The number of ether oxygens (including phenoxy) is 1. The Bertz CT molecular complexity index is 559. The van der Waals surface area contributed by atoms with Gasteiger partial charge in [0.2, 0.25) is 0 Å². The molecule has 0 saturated heterocycles. The van der Waals surface area contributed by atoms with E-state index < -0.39 is 0 Å². The molecule has 3 rings (SSSR count). The van der Waals surface area contributed by atoms with E-state index in [4.69, 9.17) is 16.3 Å². The number of benzene rings is 1. The average molecular weight is 395 g/mol. The third kappa shape index (κ3) is 6.19. The van der Waals surface area contributed by atoms with E-state index in [0.29, 0.717) is 5.92 Å². The normalized spacial score (nSPS) is 29.0. The van der Waals surface area contributed by atoms with Crippen molar-refractivity contribution in [3.05, 3.63) is 34.6 Å². The van der Waals surface area contributed by atoms with Crippen LogP contribution in [0.2, 0.25) is 5.02 Å². The zero-order valence-corrected chi connectivity index (χ0v) is 17.7. The Morgan fingerprint density at radius 1 is 0.926 bits per heavy atom. The summed E-state index contributed by atoms with van der Waals surface area (Å²) >= 11 is 5.83. The minimum absolute atomic E-state index is 0.239. The van der Waals surface area contributed by atoms with Gasteiger partial charge >= 0.3 is 0 Å². The fraction of sp³-hybridized carbons (Fsp3) is 0.750. The molecule has 0 amide bonds. The molecule has 152 valence electrons.